The van der Waals surface area contributed by atoms with Crippen molar-refractivity contribution in [3.63, 3.8) is 0 Å². The Bertz CT molecular complexity index is 349. The van der Waals surface area contributed by atoms with Crippen LogP contribution in [-0.2, 0) is 22.6 Å². The van der Waals surface area contributed by atoms with E-state index in [9.17, 15) is 4.79 Å². The first-order chi connectivity index (χ1) is 8.19. The fourth-order valence-electron chi connectivity index (χ4n) is 1.55. The smallest absolute Gasteiger partial charge is 0.322 e. The molecular weight excluding hydrogens is 218 g/mol. The molecule has 17 heavy (non-hydrogen) atoms. The lowest BCUT2D eigenvalue weighted by Gasteiger charge is -2.13. The highest BCUT2D eigenvalue weighted by molar-refractivity contribution is 5.75. The van der Waals surface area contributed by atoms with E-state index in [1.165, 1.54) is 0 Å². The molecule has 96 valence electrons. The fraction of sp³-hybridized carbons (Fsp3) is 0.667. The van der Waals surface area contributed by atoms with Crippen molar-refractivity contribution in [3.05, 3.63) is 18.2 Å². The lowest BCUT2D eigenvalue weighted by molar-refractivity contribution is -0.145. The van der Waals surface area contributed by atoms with Gasteiger partial charge in [-0.2, -0.15) is 0 Å². The van der Waals surface area contributed by atoms with Crippen molar-refractivity contribution >= 4 is 5.97 Å². The summed E-state index contributed by atoms with van der Waals surface area (Å²) in [5.74, 6) is -0.214. The summed E-state index contributed by atoms with van der Waals surface area (Å²) in [6.07, 6.45) is 4.70. The highest BCUT2D eigenvalue weighted by Crippen LogP contribution is 2.01. The number of rotatable bonds is 7. The summed E-state index contributed by atoms with van der Waals surface area (Å²) in [6, 6.07) is -0.292. The van der Waals surface area contributed by atoms with Gasteiger partial charge < -0.3 is 9.30 Å². The standard InChI is InChI=1S/C12H21N3O2/c1-4-6-15-9-13-7-11(15)8-14-10(3)12(16)17-5-2/h7,9-10,14H,4-6,8H2,1-3H3. The number of carbonyl (C=O) groups is 1. The minimum absolute atomic E-state index is 0.214. The lowest BCUT2D eigenvalue weighted by atomic mass is 10.3. The average molecular weight is 239 g/mol. The normalized spacial score (nSPS) is 12.4. The molecule has 0 aliphatic heterocycles. The molecule has 0 saturated heterocycles. The highest BCUT2D eigenvalue weighted by atomic mass is 16.5. The first-order valence-corrected chi connectivity index (χ1v) is 6.08. The molecular formula is C12H21N3O2. The third-order valence-corrected chi connectivity index (χ3v) is 2.49. The van der Waals surface area contributed by atoms with Gasteiger partial charge in [0.25, 0.3) is 0 Å². The van der Waals surface area contributed by atoms with E-state index in [0.29, 0.717) is 13.2 Å². The number of hydrogen-bond donors (Lipinski definition) is 1. The summed E-state index contributed by atoms with van der Waals surface area (Å²) in [6.45, 7) is 7.72. The van der Waals surface area contributed by atoms with Gasteiger partial charge in [-0.3, -0.25) is 10.1 Å². The third-order valence-electron chi connectivity index (χ3n) is 2.49. The second kappa shape index (κ2) is 7.06. The van der Waals surface area contributed by atoms with Gasteiger partial charge in [0.15, 0.2) is 0 Å². The molecule has 1 N–H and O–H groups in total. The number of aromatic nitrogens is 2. The van der Waals surface area contributed by atoms with Crippen LogP contribution in [0, 0.1) is 0 Å². The average Bonchev–Trinajstić information content (AvgIpc) is 2.74. The van der Waals surface area contributed by atoms with Crippen molar-refractivity contribution in [2.75, 3.05) is 6.61 Å². The minimum atomic E-state index is -0.292. The van der Waals surface area contributed by atoms with Crippen molar-refractivity contribution in [1.82, 2.24) is 14.9 Å². The Labute approximate surface area is 102 Å². The zero-order valence-electron chi connectivity index (χ0n) is 10.8. The minimum Gasteiger partial charge on any atom is -0.465 e. The van der Waals surface area contributed by atoms with Gasteiger partial charge in [0.05, 0.1) is 18.6 Å². The molecule has 0 aromatic carbocycles. The zero-order chi connectivity index (χ0) is 12.7. The Kier molecular flexibility index (Phi) is 5.69. The number of aryl methyl sites for hydroxylation is 1. The summed E-state index contributed by atoms with van der Waals surface area (Å²) in [4.78, 5) is 15.5. The van der Waals surface area contributed by atoms with Gasteiger partial charge in [-0.05, 0) is 20.3 Å². The van der Waals surface area contributed by atoms with Crippen molar-refractivity contribution in [2.45, 2.75) is 46.3 Å². The number of ether oxygens (including phenoxy) is 1. The third kappa shape index (κ3) is 4.19. The molecule has 0 radical (unpaired) electrons. The summed E-state index contributed by atoms with van der Waals surface area (Å²) >= 11 is 0. The van der Waals surface area contributed by atoms with Crippen molar-refractivity contribution < 1.29 is 9.53 Å². The van der Waals surface area contributed by atoms with E-state index in [-0.39, 0.29) is 12.0 Å². The number of nitrogens with one attached hydrogen (secondary N) is 1. The molecule has 5 heteroatoms. The van der Waals surface area contributed by atoms with E-state index in [1.807, 2.05) is 12.5 Å². The Morgan fingerprint density at radius 1 is 1.59 bits per heavy atom. The molecule has 0 spiro atoms. The van der Waals surface area contributed by atoms with Crippen LogP contribution in [0.3, 0.4) is 0 Å². The Hall–Kier alpha value is -1.36. The van der Waals surface area contributed by atoms with Crippen LogP contribution in [0.15, 0.2) is 12.5 Å². The van der Waals surface area contributed by atoms with Crippen LogP contribution in [0.5, 0.6) is 0 Å². The van der Waals surface area contributed by atoms with E-state index >= 15 is 0 Å². The summed E-state index contributed by atoms with van der Waals surface area (Å²) in [5, 5.41) is 3.13. The predicted molar refractivity (Wildman–Crippen MR) is 65.5 cm³/mol. The maximum Gasteiger partial charge on any atom is 0.322 e. The Balaban J connectivity index is 2.44. The van der Waals surface area contributed by atoms with Gasteiger partial charge in [0.1, 0.15) is 6.04 Å². The quantitative estimate of drug-likeness (QED) is 0.729. The molecule has 0 bridgehead atoms. The molecule has 1 aromatic heterocycles. The molecule has 0 amide bonds. The number of esters is 1. The molecule has 1 rings (SSSR count). The zero-order valence-corrected chi connectivity index (χ0v) is 10.8. The van der Waals surface area contributed by atoms with Crippen LogP contribution in [0.4, 0.5) is 0 Å². The molecule has 0 saturated carbocycles. The summed E-state index contributed by atoms with van der Waals surface area (Å²) < 4.78 is 7.02. The van der Waals surface area contributed by atoms with E-state index in [1.54, 1.807) is 13.8 Å². The summed E-state index contributed by atoms with van der Waals surface area (Å²) in [7, 11) is 0. The molecule has 1 heterocycles. The first-order valence-electron chi connectivity index (χ1n) is 6.08. The first kappa shape index (κ1) is 13.7. The van der Waals surface area contributed by atoms with E-state index < -0.39 is 0 Å². The van der Waals surface area contributed by atoms with Crippen LogP contribution in [0.2, 0.25) is 0 Å². The maximum absolute atomic E-state index is 11.4. The number of nitrogens with zero attached hydrogens (tertiary/aromatic N) is 2. The van der Waals surface area contributed by atoms with Crippen LogP contribution in [-0.4, -0.2) is 28.2 Å². The Morgan fingerprint density at radius 2 is 2.35 bits per heavy atom. The summed E-state index contributed by atoms with van der Waals surface area (Å²) in [5.41, 5.74) is 1.09. The van der Waals surface area contributed by atoms with Gasteiger partial charge in [-0.25, -0.2) is 4.98 Å². The van der Waals surface area contributed by atoms with E-state index in [0.717, 1.165) is 18.7 Å². The second-order valence-corrected chi connectivity index (χ2v) is 3.93. The van der Waals surface area contributed by atoms with Gasteiger partial charge in [0.2, 0.25) is 0 Å². The fourth-order valence-corrected chi connectivity index (χ4v) is 1.55. The van der Waals surface area contributed by atoms with Crippen LogP contribution in [0.25, 0.3) is 0 Å². The second-order valence-electron chi connectivity index (χ2n) is 3.93. The number of carbonyl (C=O) groups excluding carboxylic acids is 1. The largest absolute Gasteiger partial charge is 0.465 e. The van der Waals surface area contributed by atoms with E-state index in [4.69, 9.17) is 4.74 Å². The van der Waals surface area contributed by atoms with E-state index in [2.05, 4.69) is 21.8 Å². The molecule has 1 atom stereocenters. The van der Waals surface area contributed by atoms with Crippen LogP contribution >= 0.6 is 0 Å². The SMILES string of the molecule is CCCn1cncc1CNC(C)C(=O)OCC. The Morgan fingerprint density at radius 3 is 3.00 bits per heavy atom. The van der Waals surface area contributed by atoms with Gasteiger partial charge in [-0.15, -0.1) is 0 Å². The molecule has 0 fully saturated rings. The van der Waals surface area contributed by atoms with Crippen molar-refractivity contribution in [3.8, 4) is 0 Å². The number of imidazole rings is 1. The monoisotopic (exact) mass is 239 g/mol. The van der Waals surface area contributed by atoms with Crippen molar-refractivity contribution in [2.24, 2.45) is 0 Å². The van der Waals surface area contributed by atoms with Crippen LogP contribution < -0.4 is 5.32 Å². The highest BCUT2D eigenvalue weighted by Gasteiger charge is 2.13. The predicted octanol–water partition coefficient (Wildman–Crippen LogP) is 1.33. The van der Waals surface area contributed by atoms with Gasteiger partial charge >= 0.3 is 5.97 Å². The maximum atomic E-state index is 11.4. The topological polar surface area (TPSA) is 56.2 Å². The molecule has 1 aromatic rings. The molecule has 0 aliphatic rings. The number of hydrogen-bond acceptors (Lipinski definition) is 4. The molecule has 1 unspecified atom stereocenters. The van der Waals surface area contributed by atoms with Crippen molar-refractivity contribution in [1.29, 1.82) is 0 Å². The van der Waals surface area contributed by atoms with Crippen LogP contribution in [0.1, 0.15) is 32.9 Å². The molecule has 0 aliphatic carbocycles. The van der Waals surface area contributed by atoms with Gasteiger partial charge in [-0.1, -0.05) is 6.92 Å². The van der Waals surface area contributed by atoms with Gasteiger partial charge in [0, 0.05) is 19.3 Å². The lowest BCUT2D eigenvalue weighted by Crippen LogP contribution is -2.35. The molecule has 5 nitrogen and oxygen atoms in total.